The van der Waals surface area contributed by atoms with Crippen LogP contribution in [0.3, 0.4) is 0 Å². The second-order valence-corrected chi connectivity index (χ2v) is 5.38. The number of halogens is 1. The van der Waals surface area contributed by atoms with Gasteiger partial charge in [0, 0.05) is 22.7 Å². The Hall–Kier alpha value is -1.74. The van der Waals surface area contributed by atoms with E-state index in [-0.39, 0.29) is 0 Å². The minimum Gasteiger partial charge on any atom is -0.488 e. The van der Waals surface area contributed by atoms with Crippen molar-refractivity contribution < 1.29 is 4.74 Å². The van der Waals surface area contributed by atoms with Crippen molar-refractivity contribution in [2.75, 3.05) is 0 Å². The molecule has 0 amide bonds. The summed E-state index contributed by atoms with van der Waals surface area (Å²) >= 11 is 3.49. The highest BCUT2D eigenvalue weighted by molar-refractivity contribution is 9.10. The topological polar surface area (TPSA) is 25.0 Å². The van der Waals surface area contributed by atoms with Crippen LogP contribution in [0.15, 0.2) is 53.1 Å². The second-order valence-electron chi connectivity index (χ2n) is 4.53. The summed E-state index contributed by atoms with van der Waals surface area (Å²) in [6.45, 7) is 2.69. The lowest BCUT2D eigenvalue weighted by Gasteiger charge is -2.08. The molecule has 3 heteroatoms. The second kappa shape index (κ2) is 5.10. The number of fused-ring (bicyclic) bond motifs is 1. The van der Waals surface area contributed by atoms with Crippen molar-refractivity contribution in [3.05, 3.63) is 64.3 Å². The Morgan fingerprint density at radius 2 is 1.95 bits per heavy atom. The average Bonchev–Trinajstić information content (AvgIpc) is 2.83. The Bertz CT molecular complexity index is 718. The third-order valence-electron chi connectivity index (χ3n) is 3.22. The summed E-state index contributed by atoms with van der Waals surface area (Å²) in [5, 5.41) is 1.26. The van der Waals surface area contributed by atoms with Crippen molar-refractivity contribution >= 4 is 26.8 Å². The van der Waals surface area contributed by atoms with Gasteiger partial charge >= 0.3 is 0 Å². The third-order valence-corrected chi connectivity index (χ3v) is 3.87. The number of aromatic amines is 1. The summed E-state index contributed by atoms with van der Waals surface area (Å²) in [6.07, 6.45) is 2.02. The lowest BCUT2D eigenvalue weighted by molar-refractivity contribution is 0.305. The molecule has 0 bridgehead atoms. The fraction of sp³-hybridized carbons (Fsp3) is 0.125. The molecule has 1 N–H and O–H groups in total. The van der Waals surface area contributed by atoms with Gasteiger partial charge in [0.05, 0.1) is 4.47 Å². The summed E-state index contributed by atoms with van der Waals surface area (Å²) in [6, 6.07) is 14.2. The van der Waals surface area contributed by atoms with Crippen molar-refractivity contribution in [1.82, 2.24) is 4.98 Å². The average molecular weight is 316 g/mol. The summed E-state index contributed by atoms with van der Waals surface area (Å²) in [7, 11) is 0. The Kier molecular flexibility index (Phi) is 3.30. The number of rotatable bonds is 3. The Labute approximate surface area is 120 Å². The summed E-state index contributed by atoms with van der Waals surface area (Å²) in [5.41, 5.74) is 3.61. The molecule has 2 nitrogen and oxygen atoms in total. The predicted octanol–water partition coefficient (Wildman–Crippen LogP) is 4.82. The van der Waals surface area contributed by atoms with Gasteiger partial charge < -0.3 is 9.72 Å². The first-order valence-electron chi connectivity index (χ1n) is 6.18. The van der Waals surface area contributed by atoms with Gasteiger partial charge in [-0.3, -0.25) is 0 Å². The van der Waals surface area contributed by atoms with Crippen molar-refractivity contribution in [3.8, 4) is 5.75 Å². The van der Waals surface area contributed by atoms with Gasteiger partial charge in [-0.15, -0.1) is 0 Å². The summed E-state index contributed by atoms with van der Waals surface area (Å²) < 4.78 is 6.86. The smallest absolute Gasteiger partial charge is 0.133 e. The number of benzene rings is 2. The normalized spacial score (nSPS) is 10.8. The van der Waals surface area contributed by atoms with Crippen LogP contribution in [0.4, 0.5) is 0 Å². The van der Waals surface area contributed by atoms with E-state index in [1.165, 1.54) is 16.5 Å². The minimum absolute atomic E-state index is 0.563. The van der Waals surface area contributed by atoms with E-state index in [1.54, 1.807) is 0 Å². The van der Waals surface area contributed by atoms with E-state index in [0.717, 1.165) is 15.7 Å². The molecule has 0 aliphatic heterocycles. The molecule has 0 fully saturated rings. The molecule has 0 unspecified atom stereocenters. The van der Waals surface area contributed by atoms with Crippen LogP contribution in [0, 0.1) is 6.92 Å². The molecule has 2 aromatic carbocycles. The number of ether oxygens (including phenoxy) is 1. The van der Waals surface area contributed by atoms with Crippen molar-refractivity contribution in [1.29, 1.82) is 0 Å². The fourth-order valence-corrected chi connectivity index (χ4v) is 2.68. The molecule has 1 heterocycles. The third kappa shape index (κ3) is 2.38. The highest BCUT2D eigenvalue weighted by Gasteiger charge is 2.07. The first-order chi connectivity index (χ1) is 9.25. The van der Waals surface area contributed by atoms with Crippen LogP contribution in [0.2, 0.25) is 0 Å². The van der Waals surface area contributed by atoms with Crippen LogP contribution < -0.4 is 4.74 Å². The van der Waals surface area contributed by atoms with E-state index < -0.39 is 0 Å². The molecule has 3 rings (SSSR count). The first kappa shape index (κ1) is 12.3. The molecule has 3 aromatic rings. The lowest BCUT2D eigenvalue weighted by Crippen LogP contribution is -1.95. The molecule has 0 aliphatic carbocycles. The zero-order valence-electron chi connectivity index (χ0n) is 10.6. The van der Waals surface area contributed by atoms with Crippen LogP contribution >= 0.6 is 15.9 Å². The van der Waals surface area contributed by atoms with Crippen LogP contribution in [0.1, 0.15) is 11.1 Å². The molecular weight excluding hydrogens is 302 g/mol. The number of para-hydroxylation sites is 1. The lowest BCUT2D eigenvalue weighted by atomic mass is 10.1. The van der Waals surface area contributed by atoms with Gasteiger partial charge in [0.1, 0.15) is 12.4 Å². The van der Waals surface area contributed by atoms with Crippen molar-refractivity contribution in [3.63, 3.8) is 0 Å². The van der Waals surface area contributed by atoms with E-state index in [9.17, 15) is 0 Å². The summed E-state index contributed by atoms with van der Waals surface area (Å²) in [5.74, 6) is 0.866. The van der Waals surface area contributed by atoms with E-state index in [4.69, 9.17) is 4.74 Å². The van der Waals surface area contributed by atoms with E-state index in [2.05, 4.69) is 46.0 Å². The highest BCUT2D eigenvalue weighted by Crippen LogP contribution is 2.27. The number of hydrogen-bond acceptors (Lipinski definition) is 1. The Morgan fingerprint density at radius 3 is 2.79 bits per heavy atom. The highest BCUT2D eigenvalue weighted by atomic mass is 79.9. The van der Waals surface area contributed by atoms with Gasteiger partial charge in [0.2, 0.25) is 0 Å². The Balaban J connectivity index is 1.89. The number of aryl methyl sites for hydroxylation is 1. The van der Waals surface area contributed by atoms with E-state index >= 15 is 0 Å². The SMILES string of the molecule is Cc1cccc2[nH]cc(COc3ccccc3Br)c12. The molecular formula is C16H14BrNO. The van der Waals surface area contributed by atoms with Crippen LogP contribution in [-0.4, -0.2) is 4.98 Å². The zero-order valence-corrected chi connectivity index (χ0v) is 12.2. The van der Waals surface area contributed by atoms with Gasteiger partial charge in [-0.05, 0) is 46.6 Å². The number of nitrogens with one attached hydrogen (secondary N) is 1. The van der Waals surface area contributed by atoms with E-state index in [1.807, 2.05) is 30.5 Å². The van der Waals surface area contributed by atoms with Gasteiger partial charge in [0.25, 0.3) is 0 Å². The number of hydrogen-bond donors (Lipinski definition) is 1. The number of aromatic nitrogens is 1. The maximum absolute atomic E-state index is 5.88. The monoisotopic (exact) mass is 315 g/mol. The van der Waals surface area contributed by atoms with Gasteiger partial charge in [-0.25, -0.2) is 0 Å². The zero-order chi connectivity index (χ0) is 13.2. The van der Waals surface area contributed by atoms with Gasteiger partial charge in [-0.1, -0.05) is 24.3 Å². The van der Waals surface area contributed by atoms with Crippen molar-refractivity contribution in [2.24, 2.45) is 0 Å². The van der Waals surface area contributed by atoms with E-state index in [0.29, 0.717) is 6.61 Å². The predicted molar refractivity (Wildman–Crippen MR) is 81.5 cm³/mol. The quantitative estimate of drug-likeness (QED) is 0.736. The molecule has 0 saturated carbocycles. The van der Waals surface area contributed by atoms with Crippen LogP contribution in [0.5, 0.6) is 5.75 Å². The molecule has 1 aromatic heterocycles. The largest absolute Gasteiger partial charge is 0.488 e. The number of H-pyrrole nitrogens is 1. The molecule has 19 heavy (non-hydrogen) atoms. The van der Waals surface area contributed by atoms with Gasteiger partial charge in [0.15, 0.2) is 0 Å². The summed E-state index contributed by atoms with van der Waals surface area (Å²) in [4.78, 5) is 3.29. The standard InChI is InChI=1S/C16H14BrNO/c1-11-5-4-7-14-16(11)12(9-18-14)10-19-15-8-3-2-6-13(15)17/h2-9,18H,10H2,1H3. The van der Waals surface area contributed by atoms with Crippen LogP contribution in [0.25, 0.3) is 10.9 Å². The maximum atomic E-state index is 5.88. The van der Waals surface area contributed by atoms with Gasteiger partial charge in [-0.2, -0.15) is 0 Å². The maximum Gasteiger partial charge on any atom is 0.133 e. The fourth-order valence-electron chi connectivity index (χ4n) is 2.28. The van der Waals surface area contributed by atoms with Crippen LogP contribution in [-0.2, 0) is 6.61 Å². The van der Waals surface area contributed by atoms with Crippen molar-refractivity contribution in [2.45, 2.75) is 13.5 Å². The first-order valence-corrected chi connectivity index (χ1v) is 6.98. The minimum atomic E-state index is 0.563. The molecule has 0 aliphatic rings. The molecule has 0 spiro atoms. The molecule has 0 radical (unpaired) electrons. The molecule has 96 valence electrons. The molecule has 0 atom stereocenters. The molecule has 0 saturated heterocycles. The Morgan fingerprint density at radius 1 is 1.11 bits per heavy atom.